The first-order chi connectivity index (χ1) is 12.0. The largest absolute Gasteiger partial charge is 0.480 e. The SMILES string of the molecule is CCOC(=O)c1ccc(-n2ccc(OC[Si](C)(C)C(C)(C)C)n2)nc1Cl. The second kappa shape index (κ2) is 7.80. The lowest BCUT2D eigenvalue weighted by Crippen LogP contribution is -2.43. The van der Waals surface area contributed by atoms with Gasteiger partial charge in [0.05, 0.1) is 26.5 Å². The number of nitrogens with zero attached hydrogens (tertiary/aromatic N) is 3. The van der Waals surface area contributed by atoms with Crippen molar-refractivity contribution < 1.29 is 14.3 Å². The van der Waals surface area contributed by atoms with Gasteiger partial charge in [-0.2, -0.15) is 0 Å². The molecule has 0 fully saturated rings. The van der Waals surface area contributed by atoms with E-state index < -0.39 is 14.0 Å². The molecule has 2 heterocycles. The maximum Gasteiger partial charge on any atom is 0.341 e. The zero-order chi connectivity index (χ0) is 19.5. The fourth-order valence-corrected chi connectivity index (χ4v) is 3.06. The van der Waals surface area contributed by atoms with Crippen LogP contribution in [0.3, 0.4) is 0 Å². The number of carbonyl (C=O) groups is 1. The molecule has 26 heavy (non-hydrogen) atoms. The van der Waals surface area contributed by atoms with Crippen molar-refractivity contribution >= 4 is 25.6 Å². The van der Waals surface area contributed by atoms with Crippen molar-refractivity contribution in [1.82, 2.24) is 14.8 Å². The highest BCUT2D eigenvalue weighted by Crippen LogP contribution is 2.36. The molecule has 0 saturated heterocycles. The van der Waals surface area contributed by atoms with E-state index in [4.69, 9.17) is 21.1 Å². The van der Waals surface area contributed by atoms with E-state index >= 15 is 0 Å². The molecule has 0 aliphatic rings. The number of hydrogen-bond acceptors (Lipinski definition) is 5. The van der Waals surface area contributed by atoms with Crippen molar-refractivity contribution in [2.75, 3.05) is 12.8 Å². The summed E-state index contributed by atoms with van der Waals surface area (Å²) < 4.78 is 12.4. The number of hydrogen-bond donors (Lipinski definition) is 0. The molecule has 2 aromatic rings. The van der Waals surface area contributed by atoms with Gasteiger partial charge in [-0.25, -0.2) is 14.5 Å². The fraction of sp³-hybridized carbons (Fsp3) is 0.500. The van der Waals surface area contributed by atoms with Crippen LogP contribution >= 0.6 is 11.6 Å². The lowest BCUT2D eigenvalue weighted by molar-refractivity contribution is 0.0526. The predicted octanol–water partition coefficient (Wildman–Crippen LogP) is 4.52. The summed E-state index contributed by atoms with van der Waals surface area (Å²) in [7, 11) is -1.55. The Morgan fingerprint density at radius 2 is 1.96 bits per heavy atom. The Morgan fingerprint density at radius 3 is 2.54 bits per heavy atom. The molecule has 8 heteroatoms. The van der Waals surface area contributed by atoms with E-state index in [1.807, 2.05) is 0 Å². The van der Waals surface area contributed by atoms with Gasteiger partial charge >= 0.3 is 5.97 Å². The van der Waals surface area contributed by atoms with Crippen molar-refractivity contribution in [3.05, 3.63) is 35.1 Å². The van der Waals surface area contributed by atoms with Gasteiger partial charge in [0, 0.05) is 12.3 Å². The summed E-state index contributed by atoms with van der Waals surface area (Å²) in [6, 6.07) is 5.05. The van der Waals surface area contributed by atoms with Crippen LogP contribution in [0.1, 0.15) is 38.1 Å². The molecule has 142 valence electrons. The first kappa shape index (κ1) is 20.4. The minimum atomic E-state index is -1.55. The molecule has 0 aromatic carbocycles. The highest BCUT2D eigenvalue weighted by Gasteiger charge is 2.36. The minimum Gasteiger partial charge on any atom is -0.480 e. The second-order valence-corrected chi connectivity index (χ2v) is 13.7. The van der Waals surface area contributed by atoms with Gasteiger partial charge in [-0.15, -0.1) is 5.10 Å². The monoisotopic (exact) mass is 395 g/mol. The first-order valence-electron chi connectivity index (χ1n) is 8.57. The summed E-state index contributed by atoms with van der Waals surface area (Å²) in [5.41, 5.74) is 0.235. The minimum absolute atomic E-state index is 0.0835. The average Bonchev–Trinajstić information content (AvgIpc) is 3.01. The molecule has 0 unspecified atom stereocenters. The van der Waals surface area contributed by atoms with Gasteiger partial charge in [-0.1, -0.05) is 45.5 Å². The zero-order valence-corrected chi connectivity index (χ0v) is 17.9. The van der Waals surface area contributed by atoms with Gasteiger partial charge in [-0.05, 0) is 24.1 Å². The molecule has 2 rings (SSSR count). The zero-order valence-electron chi connectivity index (χ0n) is 16.2. The van der Waals surface area contributed by atoms with E-state index in [0.717, 1.165) is 0 Å². The van der Waals surface area contributed by atoms with Crippen LogP contribution in [-0.4, -0.2) is 41.6 Å². The number of ether oxygens (including phenoxy) is 2. The maximum absolute atomic E-state index is 11.8. The standard InChI is InChI=1S/C18H26ClN3O3Si/c1-7-24-17(23)13-8-9-14(20-16(13)19)22-11-10-15(21-22)25-12-26(5,6)18(2,3)4/h8-11H,7,12H2,1-6H3. The van der Waals surface area contributed by atoms with Crippen molar-refractivity contribution in [3.63, 3.8) is 0 Å². The van der Waals surface area contributed by atoms with Crippen LogP contribution in [0.4, 0.5) is 0 Å². The summed E-state index contributed by atoms with van der Waals surface area (Å²) in [6.07, 6.45) is 2.44. The van der Waals surface area contributed by atoms with Crippen molar-refractivity contribution in [1.29, 1.82) is 0 Å². The summed E-state index contributed by atoms with van der Waals surface area (Å²) >= 11 is 6.11. The molecule has 0 N–H and O–H groups in total. The van der Waals surface area contributed by atoms with E-state index in [9.17, 15) is 4.79 Å². The Bertz CT molecular complexity index is 784. The summed E-state index contributed by atoms with van der Waals surface area (Å²) in [5, 5.41) is 4.72. The molecule has 0 atom stereocenters. The lowest BCUT2D eigenvalue weighted by atomic mass is 10.2. The van der Waals surface area contributed by atoms with Gasteiger partial charge < -0.3 is 9.47 Å². The van der Waals surface area contributed by atoms with Crippen molar-refractivity contribution in [2.24, 2.45) is 0 Å². The number of pyridine rings is 1. The van der Waals surface area contributed by atoms with E-state index in [1.54, 1.807) is 36.0 Å². The predicted molar refractivity (Wildman–Crippen MR) is 105 cm³/mol. The highest BCUT2D eigenvalue weighted by molar-refractivity contribution is 6.80. The number of esters is 1. The lowest BCUT2D eigenvalue weighted by Gasteiger charge is -2.35. The van der Waals surface area contributed by atoms with Gasteiger partial charge in [0.1, 0.15) is 5.15 Å². The van der Waals surface area contributed by atoms with Crippen LogP contribution < -0.4 is 4.74 Å². The topological polar surface area (TPSA) is 66.2 Å². The summed E-state index contributed by atoms with van der Waals surface area (Å²) in [4.78, 5) is 16.0. The molecule has 0 amide bonds. The Labute approximate surface area is 160 Å². The number of rotatable bonds is 6. The molecule has 0 aliphatic carbocycles. The normalized spacial score (nSPS) is 12.1. The smallest absolute Gasteiger partial charge is 0.341 e. The summed E-state index contributed by atoms with van der Waals surface area (Å²) in [5.74, 6) is 0.558. The van der Waals surface area contributed by atoms with E-state index in [0.29, 0.717) is 17.9 Å². The molecule has 0 spiro atoms. The van der Waals surface area contributed by atoms with Gasteiger partial charge in [-0.3, -0.25) is 0 Å². The van der Waals surface area contributed by atoms with Crippen LogP contribution in [0.25, 0.3) is 5.82 Å². The number of carbonyl (C=O) groups excluding carboxylic acids is 1. The molecule has 0 bridgehead atoms. The number of aromatic nitrogens is 3. The molecule has 0 radical (unpaired) electrons. The highest BCUT2D eigenvalue weighted by atomic mass is 35.5. The van der Waals surface area contributed by atoms with Crippen molar-refractivity contribution in [2.45, 2.75) is 45.8 Å². The van der Waals surface area contributed by atoms with E-state index in [1.165, 1.54) is 0 Å². The van der Waals surface area contributed by atoms with Crippen LogP contribution in [0.2, 0.25) is 23.3 Å². The van der Waals surface area contributed by atoms with Crippen LogP contribution in [0.5, 0.6) is 5.88 Å². The molecular weight excluding hydrogens is 370 g/mol. The van der Waals surface area contributed by atoms with E-state index in [2.05, 4.69) is 43.9 Å². The first-order valence-corrected chi connectivity index (χ1v) is 12.2. The van der Waals surface area contributed by atoms with Crippen molar-refractivity contribution in [3.8, 4) is 11.7 Å². The van der Waals surface area contributed by atoms with Gasteiger partial charge in [0.25, 0.3) is 0 Å². The second-order valence-electron chi connectivity index (χ2n) is 7.75. The Hall–Kier alpha value is -1.86. The molecule has 0 saturated carbocycles. The molecule has 0 aliphatic heterocycles. The Balaban J connectivity index is 2.12. The third-order valence-electron chi connectivity index (χ3n) is 4.74. The number of halogens is 1. The Kier molecular flexibility index (Phi) is 6.13. The van der Waals surface area contributed by atoms with Gasteiger partial charge in [0.15, 0.2) is 5.82 Å². The molecule has 6 nitrogen and oxygen atoms in total. The van der Waals surface area contributed by atoms with Crippen LogP contribution in [0, 0.1) is 0 Å². The van der Waals surface area contributed by atoms with Gasteiger partial charge in [0.2, 0.25) is 5.88 Å². The Morgan fingerprint density at radius 1 is 1.27 bits per heavy atom. The quantitative estimate of drug-likeness (QED) is 0.408. The van der Waals surface area contributed by atoms with E-state index in [-0.39, 0.29) is 22.4 Å². The molecule has 2 aromatic heterocycles. The van der Waals surface area contributed by atoms with Crippen LogP contribution in [-0.2, 0) is 4.74 Å². The van der Waals surface area contributed by atoms with Crippen LogP contribution in [0.15, 0.2) is 24.4 Å². The maximum atomic E-state index is 11.8. The third-order valence-corrected chi connectivity index (χ3v) is 9.95. The molecular formula is C18H26ClN3O3Si. The fourth-order valence-electron chi connectivity index (χ4n) is 1.90. The average molecular weight is 396 g/mol. The third kappa shape index (κ3) is 4.65. The summed E-state index contributed by atoms with van der Waals surface area (Å²) in [6.45, 7) is 13.4.